The van der Waals surface area contributed by atoms with Gasteiger partial charge in [0.2, 0.25) is 18.0 Å². The number of thiophene rings is 1. The van der Waals surface area contributed by atoms with Crippen molar-refractivity contribution in [3.8, 4) is 39.5 Å². The summed E-state index contributed by atoms with van der Waals surface area (Å²) in [4.78, 5) is 72.3. The number of benzene rings is 2. The van der Waals surface area contributed by atoms with Gasteiger partial charge in [-0.2, -0.15) is 0 Å². The third-order valence-corrected chi connectivity index (χ3v) is 14.0. The number of aromatic amines is 2. The first-order chi connectivity index (χ1) is 31.7. The molecule has 2 aromatic carbocycles. The van der Waals surface area contributed by atoms with Crippen LogP contribution in [-0.4, -0.2) is 97.7 Å². The first kappa shape index (κ1) is 44.8. The lowest BCUT2D eigenvalue weighted by molar-refractivity contribution is -0.136. The van der Waals surface area contributed by atoms with Crippen LogP contribution in [0.25, 0.3) is 44.7 Å². The van der Waals surface area contributed by atoms with E-state index in [9.17, 15) is 19.2 Å². The summed E-state index contributed by atoms with van der Waals surface area (Å²) in [5.41, 5.74) is 4.40. The first-order valence-electron chi connectivity index (χ1n) is 22.1. The molecule has 0 radical (unpaired) electrons. The normalized spacial score (nSPS) is 18.8. The number of likely N-dealkylation sites (tertiary alicyclic amines) is 2. The summed E-state index contributed by atoms with van der Waals surface area (Å²) < 4.78 is 35.7. The number of fused-ring (bicyclic) bond motifs is 5. The van der Waals surface area contributed by atoms with Crippen LogP contribution in [0.3, 0.4) is 0 Å². The number of methoxy groups -OCH3 is 2. The van der Waals surface area contributed by atoms with Crippen LogP contribution in [-0.2, 0) is 19.1 Å². The lowest BCUT2D eigenvalue weighted by atomic mass is 10.0. The second kappa shape index (κ2) is 18.1. The van der Waals surface area contributed by atoms with Gasteiger partial charge in [-0.3, -0.25) is 14.2 Å². The molecule has 6 aromatic rings. The van der Waals surface area contributed by atoms with E-state index in [0.717, 1.165) is 39.9 Å². The number of alkyl carbamates (subject to hydrolysis) is 2. The van der Waals surface area contributed by atoms with Crippen molar-refractivity contribution < 1.29 is 37.8 Å². The number of hydrogen-bond acceptors (Lipinski definition) is 10. The molecular weight excluding hydrogens is 889 g/mol. The van der Waals surface area contributed by atoms with E-state index < -0.39 is 36.3 Å². The van der Waals surface area contributed by atoms with Gasteiger partial charge < -0.3 is 44.6 Å². The van der Waals surface area contributed by atoms with Crippen molar-refractivity contribution in [3.63, 3.8) is 0 Å². The standard InChI is InChI=1S/C47H51ClFN9O7S/c1-23(2)39(54-46(61)63-5)43(59)56-15-7-9-32(56)41-50-21-29(52-41)25-11-12-31-27(17-25)19-34-38-28(49)18-26(20-35(38)65-45(58(31)34)36-13-14-37(48)66-36)30-22-51-42(53-30)33-10-8-16-57(33)44(60)40(24(3)4)55-47(62)64-6/h11-14,17-24,32-33,39-40,45H,7-10,15-16H2,1-6H3,(H,50,52)(H,51,53)(H,54,61)(H,55,62)/t32-,33-,39-,40+,45?/m0/s1. The van der Waals surface area contributed by atoms with Crippen LogP contribution in [0.5, 0.6) is 5.75 Å². The van der Waals surface area contributed by atoms with E-state index in [2.05, 4.69) is 25.6 Å². The van der Waals surface area contributed by atoms with Crippen LogP contribution < -0.4 is 15.4 Å². The Hall–Kier alpha value is -6.40. The fraction of sp³-hybridized carbons (Fsp3) is 0.404. The summed E-state index contributed by atoms with van der Waals surface area (Å²) in [6.07, 6.45) is 4.31. The number of carbonyl (C=O) groups is 4. The van der Waals surface area contributed by atoms with Crippen LogP contribution in [0.4, 0.5) is 14.0 Å². The highest BCUT2D eigenvalue weighted by Gasteiger charge is 2.40. The molecule has 4 aromatic heterocycles. The van der Waals surface area contributed by atoms with Crippen LogP contribution in [0.1, 0.15) is 88.2 Å². The Morgan fingerprint density at radius 1 is 0.803 bits per heavy atom. The number of imidazole rings is 2. The first-order valence-corrected chi connectivity index (χ1v) is 23.2. The molecule has 0 aliphatic carbocycles. The Balaban J connectivity index is 1.02. The molecule has 2 fully saturated rings. The van der Waals surface area contributed by atoms with Crippen molar-refractivity contribution in [2.75, 3.05) is 27.3 Å². The second-order valence-corrected chi connectivity index (χ2v) is 19.3. The third kappa shape index (κ3) is 8.25. The molecule has 3 aliphatic heterocycles. The fourth-order valence-corrected chi connectivity index (χ4v) is 10.5. The van der Waals surface area contributed by atoms with Crippen molar-refractivity contribution in [1.82, 2.24) is 44.9 Å². The fourth-order valence-electron chi connectivity index (χ4n) is 9.44. The van der Waals surface area contributed by atoms with E-state index in [0.29, 0.717) is 70.2 Å². The van der Waals surface area contributed by atoms with E-state index in [1.807, 2.05) is 68.7 Å². The number of nitrogens with zero attached hydrogens (tertiary/aromatic N) is 5. The zero-order valence-electron chi connectivity index (χ0n) is 37.3. The minimum Gasteiger partial charge on any atom is -0.464 e. The molecule has 4 amide bonds. The highest BCUT2D eigenvalue weighted by molar-refractivity contribution is 7.16. The van der Waals surface area contributed by atoms with E-state index in [1.165, 1.54) is 31.6 Å². The predicted octanol–water partition coefficient (Wildman–Crippen LogP) is 8.97. The molecule has 0 spiro atoms. The zero-order valence-corrected chi connectivity index (χ0v) is 38.9. The van der Waals surface area contributed by atoms with Gasteiger partial charge in [0.1, 0.15) is 35.3 Å². The number of hydrogen-bond donors (Lipinski definition) is 4. The van der Waals surface area contributed by atoms with Crippen molar-refractivity contribution >= 4 is 57.8 Å². The summed E-state index contributed by atoms with van der Waals surface area (Å²) in [5.74, 6) is 0.301. The largest absolute Gasteiger partial charge is 0.464 e. The van der Waals surface area contributed by atoms with E-state index >= 15 is 4.39 Å². The molecular formula is C47H51ClFN9O7S. The highest BCUT2D eigenvalue weighted by Crippen LogP contribution is 2.48. The lowest BCUT2D eigenvalue weighted by Gasteiger charge is -2.30. The summed E-state index contributed by atoms with van der Waals surface area (Å²) in [7, 11) is 2.53. The predicted molar refractivity (Wildman–Crippen MR) is 246 cm³/mol. The van der Waals surface area contributed by atoms with Crippen LogP contribution in [0.15, 0.2) is 60.9 Å². The average Bonchev–Trinajstić information content (AvgIpc) is 4.16. The number of H-pyrrole nitrogens is 2. The van der Waals surface area contributed by atoms with Gasteiger partial charge in [-0.1, -0.05) is 45.4 Å². The summed E-state index contributed by atoms with van der Waals surface area (Å²) in [6, 6.07) is 12.7. The Labute approximate surface area is 389 Å². The molecule has 0 saturated carbocycles. The highest BCUT2D eigenvalue weighted by atomic mass is 35.5. The summed E-state index contributed by atoms with van der Waals surface area (Å²) >= 11 is 7.86. The number of halogens is 2. The van der Waals surface area contributed by atoms with Gasteiger partial charge in [0.25, 0.3) is 0 Å². The Bertz CT molecular complexity index is 2830. The van der Waals surface area contributed by atoms with E-state index in [-0.39, 0.29) is 35.7 Å². The van der Waals surface area contributed by atoms with Gasteiger partial charge >= 0.3 is 12.2 Å². The number of amides is 4. The van der Waals surface area contributed by atoms with E-state index in [1.54, 1.807) is 28.3 Å². The number of rotatable bonds is 11. The molecule has 4 N–H and O–H groups in total. The van der Waals surface area contributed by atoms with E-state index in [4.69, 9.17) is 30.8 Å². The average molecular weight is 940 g/mol. The minimum atomic E-state index is -0.777. The molecule has 3 aliphatic rings. The molecule has 1 unspecified atom stereocenters. The molecule has 19 heteroatoms. The number of nitrogens with one attached hydrogen (secondary N) is 4. The Kier molecular flexibility index (Phi) is 12.3. The smallest absolute Gasteiger partial charge is 0.407 e. The molecule has 66 heavy (non-hydrogen) atoms. The van der Waals surface area contributed by atoms with Gasteiger partial charge in [0, 0.05) is 29.6 Å². The SMILES string of the molecule is COC(=O)N[C@H](C(=O)N1CCC[C@H]1c1ncc(-c2ccc3c(c2)cc2n3C(c3ccc(Cl)s3)Oc3cc(-c4cnc([C@@H]5CCCN5C(=O)[C@H](NC(=O)OC)C(C)C)[nH]4)cc(F)c3-2)[nH]1)C(C)C. The van der Waals surface area contributed by atoms with Crippen LogP contribution in [0, 0.1) is 17.7 Å². The van der Waals surface area contributed by atoms with Gasteiger partial charge in [-0.25, -0.2) is 23.9 Å². The molecule has 9 rings (SSSR count). The topological polar surface area (TPSA) is 189 Å². The number of ether oxygens (including phenoxy) is 3. The zero-order chi connectivity index (χ0) is 46.6. The molecule has 16 nitrogen and oxygen atoms in total. The second-order valence-electron chi connectivity index (χ2n) is 17.6. The molecule has 5 atom stereocenters. The molecule has 7 heterocycles. The van der Waals surface area contributed by atoms with Gasteiger partial charge in [0.05, 0.1) is 76.1 Å². The van der Waals surface area contributed by atoms with Crippen LogP contribution >= 0.6 is 22.9 Å². The monoisotopic (exact) mass is 939 g/mol. The van der Waals surface area contributed by atoms with Crippen LogP contribution in [0.2, 0.25) is 4.34 Å². The summed E-state index contributed by atoms with van der Waals surface area (Å²) in [5, 5.41) is 6.21. The quantitative estimate of drug-likeness (QED) is 0.0983. The van der Waals surface area contributed by atoms with Gasteiger partial charge in [0.15, 0.2) is 0 Å². The molecule has 2 saturated heterocycles. The lowest BCUT2D eigenvalue weighted by Crippen LogP contribution is -2.51. The van der Waals surface area contributed by atoms with Crippen molar-refractivity contribution in [1.29, 1.82) is 0 Å². The Morgan fingerprint density at radius 2 is 1.38 bits per heavy atom. The summed E-state index contributed by atoms with van der Waals surface area (Å²) in [6.45, 7) is 8.52. The number of aromatic nitrogens is 5. The third-order valence-electron chi connectivity index (χ3n) is 12.8. The maximum Gasteiger partial charge on any atom is 0.407 e. The number of carbonyl (C=O) groups excluding carboxylic acids is 4. The van der Waals surface area contributed by atoms with Crippen molar-refractivity contribution in [3.05, 3.63) is 87.6 Å². The van der Waals surface area contributed by atoms with Gasteiger partial charge in [-0.05, 0) is 80.0 Å². The molecule has 0 bridgehead atoms. The van der Waals surface area contributed by atoms with Gasteiger partial charge in [-0.15, -0.1) is 11.3 Å². The Morgan fingerprint density at radius 3 is 1.91 bits per heavy atom. The molecule has 346 valence electrons. The maximum atomic E-state index is 16.8. The van der Waals surface area contributed by atoms with Crippen molar-refractivity contribution in [2.24, 2.45) is 11.8 Å². The maximum absolute atomic E-state index is 16.8. The van der Waals surface area contributed by atoms with Crippen molar-refractivity contribution in [2.45, 2.75) is 83.8 Å². The minimum absolute atomic E-state index is 0.157.